The number of fused-ring (bicyclic) bond motifs is 1. The predicted octanol–water partition coefficient (Wildman–Crippen LogP) is 0.183. The number of amides is 1. The van der Waals surface area contributed by atoms with Crippen molar-refractivity contribution in [1.29, 1.82) is 0 Å². The van der Waals surface area contributed by atoms with Crippen LogP contribution in [-0.2, 0) is 4.79 Å². The summed E-state index contributed by atoms with van der Waals surface area (Å²) in [6, 6.07) is 7.45. The number of hydrogen-bond donors (Lipinski definition) is 0. The third kappa shape index (κ3) is 0.815. The highest BCUT2D eigenvalue weighted by atomic mass is 16.1. The summed E-state index contributed by atoms with van der Waals surface area (Å²) in [4.78, 5) is 15.0. The Labute approximate surface area is 69.6 Å². The van der Waals surface area contributed by atoms with Gasteiger partial charge in [-0.25, -0.2) is 4.99 Å². The van der Waals surface area contributed by atoms with Gasteiger partial charge in [0.25, 0.3) is 5.91 Å². The predicted molar refractivity (Wildman–Crippen MR) is 45.8 cm³/mol. The quantitative estimate of drug-likeness (QED) is 0.572. The van der Waals surface area contributed by atoms with Gasteiger partial charge in [-0.2, -0.15) is 0 Å². The van der Waals surface area contributed by atoms with Gasteiger partial charge < -0.3 is 0 Å². The first-order chi connectivity index (χ1) is 5.83. The number of nitrogens with zero attached hydrogens (tertiary/aromatic N) is 1. The lowest BCUT2D eigenvalue weighted by atomic mass is 10.2. The largest absolute Gasteiger partial charge is 0.278 e. The Morgan fingerprint density at radius 1 is 1.33 bits per heavy atom. The monoisotopic (exact) mass is 157 g/mol. The van der Waals surface area contributed by atoms with E-state index in [9.17, 15) is 4.79 Å². The standard InChI is InChI=1S/C10H7NO/c1-2-7-8-5-3-4-6-9(8)11-10(7)12/h2-6H,1H2. The summed E-state index contributed by atoms with van der Waals surface area (Å²) in [6.07, 6.45) is 1.55. The van der Waals surface area contributed by atoms with Crippen molar-refractivity contribution < 1.29 is 4.79 Å². The van der Waals surface area contributed by atoms with Crippen molar-refractivity contribution in [2.24, 2.45) is 4.99 Å². The van der Waals surface area contributed by atoms with Crippen LogP contribution < -0.4 is 10.6 Å². The van der Waals surface area contributed by atoms with Crippen molar-refractivity contribution in [2.45, 2.75) is 0 Å². The number of benzene rings is 1. The topological polar surface area (TPSA) is 29.4 Å². The van der Waals surface area contributed by atoms with E-state index in [2.05, 4.69) is 11.6 Å². The average molecular weight is 157 g/mol. The van der Waals surface area contributed by atoms with Crippen LogP contribution in [0.3, 0.4) is 0 Å². The van der Waals surface area contributed by atoms with E-state index in [0.29, 0.717) is 5.57 Å². The Bertz CT molecular complexity index is 471. The van der Waals surface area contributed by atoms with Crippen LogP contribution in [0, 0.1) is 0 Å². The third-order valence-electron chi connectivity index (χ3n) is 1.85. The molecule has 0 atom stereocenters. The summed E-state index contributed by atoms with van der Waals surface area (Å²) in [5, 5.41) is 1.63. The van der Waals surface area contributed by atoms with Crippen LogP contribution >= 0.6 is 0 Å². The number of hydrogen-bond acceptors (Lipinski definition) is 1. The Morgan fingerprint density at radius 2 is 2.08 bits per heavy atom. The summed E-state index contributed by atoms with van der Waals surface area (Å²) in [5.41, 5.74) is 0.602. The summed E-state index contributed by atoms with van der Waals surface area (Å²) < 4.78 is 0. The van der Waals surface area contributed by atoms with Gasteiger partial charge in [0.15, 0.2) is 0 Å². The lowest BCUT2D eigenvalue weighted by Gasteiger charge is -1.85. The molecule has 0 aliphatic carbocycles. The van der Waals surface area contributed by atoms with Crippen molar-refractivity contribution in [3.05, 3.63) is 47.5 Å². The fraction of sp³-hybridized carbons (Fsp3) is 0. The number of rotatable bonds is 1. The van der Waals surface area contributed by atoms with E-state index < -0.39 is 0 Å². The van der Waals surface area contributed by atoms with Crippen LogP contribution in [0.15, 0.2) is 41.9 Å². The fourth-order valence-corrected chi connectivity index (χ4v) is 1.28. The van der Waals surface area contributed by atoms with Crippen molar-refractivity contribution in [2.75, 3.05) is 0 Å². The van der Waals surface area contributed by atoms with E-state index in [0.717, 1.165) is 10.6 Å². The molecule has 0 bridgehead atoms. The molecule has 0 fully saturated rings. The highest BCUT2D eigenvalue weighted by Crippen LogP contribution is 1.99. The van der Waals surface area contributed by atoms with Crippen LogP contribution in [0.2, 0.25) is 0 Å². The van der Waals surface area contributed by atoms with Crippen molar-refractivity contribution in [3.8, 4) is 0 Å². The zero-order chi connectivity index (χ0) is 8.55. The molecule has 2 heteroatoms. The van der Waals surface area contributed by atoms with Crippen LogP contribution in [0.4, 0.5) is 0 Å². The normalized spacial score (nSPS) is 14.0. The van der Waals surface area contributed by atoms with E-state index in [1.165, 1.54) is 0 Å². The average Bonchev–Trinajstić information content (AvgIpc) is 2.40. The molecule has 2 nitrogen and oxygen atoms in total. The second-order valence-electron chi connectivity index (χ2n) is 2.55. The molecule has 1 aromatic rings. The minimum Gasteiger partial charge on any atom is -0.267 e. The lowest BCUT2D eigenvalue weighted by Crippen LogP contribution is -2.21. The molecule has 0 radical (unpaired) electrons. The maximum atomic E-state index is 11.2. The maximum Gasteiger partial charge on any atom is 0.278 e. The molecule has 58 valence electrons. The number of carbonyl (C=O) groups is 1. The Hall–Kier alpha value is -1.70. The first-order valence-electron chi connectivity index (χ1n) is 3.68. The highest BCUT2D eigenvalue weighted by Gasteiger charge is 2.11. The Morgan fingerprint density at radius 3 is 2.83 bits per heavy atom. The zero-order valence-corrected chi connectivity index (χ0v) is 6.45. The molecule has 0 saturated carbocycles. The molecule has 0 unspecified atom stereocenters. The van der Waals surface area contributed by atoms with E-state index in [-0.39, 0.29) is 5.91 Å². The van der Waals surface area contributed by atoms with Gasteiger partial charge in [-0.3, -0.25) is 4.79 Å². The molecule has 0 spiro atoms. The minimum absolute atomic E-state index is 0.189. The fourth-order valence-electron chi connectivity index (χ4n) is 1.28. The Balaban J connectivity index is 2.97. The first kappa shape index (κ1) is 6.98. The highest BCUT2D eigenvalue weighted by molar-refractivity contribution is 6.18. The van der Waals surface area contributed by atoms with Crippen LogP contribution in [0.25, 0.3) is 5.57 Å². The molecule has 1 amide bonds. The summed E-state index contributed by atoms with van der Waals surface area (Å²) in [7, 11) is 0. The first-order valence-corrected chi connectivity index (χ1v) is 3.68. The van der Waals surface area contributed by atoms with Crippen molar-refractivity contribution in [3.63, 3.8) is 0 Å². The third-order valence-corrected chi connectivity index (χ3v) is 1.85. The zero-order valence-electron chi connectivity index (χ0n) is 6.45. The molecule has 0 N–H and O–H groups in total. The van der Waals surface area contributed by atoms with Gasteiger partial charge in [0.05, 0.1) is 10.9 Å². The molecule has 1 aromatic carbocycles. The molecule has 0 saturated heterocycles. The molecule has 1 aliphatic rings. The van der Waals surface area contributed by atoms with Gasteiger partial charge in [-0.1, -0.05) is 30.9 Å². The van der Waals surface area contributed by atoms with Crippen molar-refractivity contribution in [1.82, 2.24) is 0 Å². The van der Waals surface area contributed by atoms with E-state index in [1.54, 1.807) is 6.08 Å². The second-order valence-corrected chi connectivity index (χ2v) is 2.55. The molecular weight excluding hydrogens is 150 g/mol. The summed E-state index contributed by atoms with van der Waals surface area (Å²) in [5.74, 6) is -0.189. The van der Waals surface area contributed by atoms with Crippen LogP contribution in [0.1, 0.15) is 0 Å². The number of para-hydroxylation sites is 1. The molecule has 0 aromatic heterocycles. The smallest absolute Gasteiger partial charge is 0.267 e. The lowest BCUT2D eigenvalue weighted by molar-refractivity contribution is -0.112. The van der Waals surface area contributed by atoms with Gasteiger partial charge in [-0.15, -0.1) is 0 Å². The maximum absolute atomic E-state index is 11.2. The van der Waals surface area contributed by atoms with Crippen LogP contribution in [-0.4, -0.2) is 5.91 Å². The molecule has 2 rings (SSSR count). The van der Waals surface area contributed by atoms with Gasteiger partial charge in [0, 0.05) is 5.22 Å². The van der Waals surface area contributed by atoms with Crippen molar-refractivity contribution >= 4 is 11.5 Å². The SMILES string of the molecule is C=CC1=c2ccccc2=NC1=O. The van der Waals surface area contributed by atoms with Gasteiger partial charge in [0.1, 0.15) is 0 Å². The molecular formula is C10H7NO. The van der Waals surface area contributed by atoms with Gasteiger partial charge in [0.2, 0.25) is 0 Å². The van der Waals surface area contributed by atoms with E-state index >= 15 is 0 Å². The molecule has 12 heavy (non-hydrogen) atoms. The second kappa shape index (κ2) is 2.41. The Kier molecular flexibility index (Phi) is 1.40. The van der Waals surface area contributed by atoms with E-state index in [1.807, 2.05) is 24.3 Å². The summed E-state index contributed by atoms with van der Waals surface area (Å²) in [6.45, 7) is 3.57. The van der Waals surface area contributed by atoms with Crippen LogP contribution in [0.5, 0.6) is 0 Å². The molecule has 1 heterocycles. The van der Waals surface area contributed by atoms with Gasteiger partial charge >= 0.3 is 0 Å². The minimum atomic E-state index is -0.189. The molecule has 1 aliphatic heterocycles. The van der Waals surface area contributed by atoms with E-state index in [4.69, 9.17) is 0 Å². The van der Waals surface area contributed by atoms with Gasteiger partial charge in [-0.05, 0) is 6.07 Å². The number of carbonyl (C=O) groups excluding carboxylic acids is 1. The summed E-state index contributed by atoms with van der Waals surface area (Å²) >= 11 is 0.